The van der Waals surface area contributed by atoms with Gasteiger partial charge in [0.05, 0.1) is 0 Å². The van der Waals surface area contributed by atoms with Crippen LogP contribution < -0.4 is 5.73 Å². The SMILES string of the molecule is CCCCC(CC)CC(N)c1cc(C)cc(C)c1. The third kappa shape index (κ3) is 4.81. The first-order chi connectivity index (χ1) is 8.56. The van der Waals surface area contributed by atoms with Crippen LogP contribution in [0.1, 0.15) is 68.7 Å². The zero-order chi connectivity index (χ0) is 13.5. The Morgan fingerprint density at radius 3 is 2.17 bits per heavy atom. The molecule has 18 heavy (non-hydrogen) atoms. The molecule has 0 bridgehead atoms. The van der Waals surface area contributed by atoms with E-state index in [0.29, 0.717) is 0 Å². The van der Waals surface area contributed by atoms with Crippen molar-refractivity contribution in [1.29, 1.82) is 0 Å². The number of hydrogen-bond donors (Lipinski definition) is 1. The van der Waals surface area contributed by atoms with E-state index in [9.17, 15) is 0 Å². The van der Waals surface area contributed by atoms with Crippen LogP contribution in [0.3, 0.4) is 0 Å². The maximum Gasteiger partial charge on any atom is 0.0297 e. The summed E-state index contributed by atoms with van der Waals surface area (Å²) in [5, 5.41) is 0. The zero-order valence-electron chi connectivity index (χ0n) is 12.5. The second kappa shape index (κ2) is 7.58. The Balaban J connectivity index is 2.65. The standard InChI is InChI=1S/C17H29N/c1-5-7-8-15(6-2)12-17(18)16-10-13(3)9-14(4)11-16/h9-11,15,17H,5-8,12,18H2,1-4H3. The molecular formula is C17H29N. The molecule has 2 N–H and O–H groups in total. The summed E-state index contributed by atoms with van der Waals surface area (Å²) in [6, 6.07) is 6.89. The maximum absolute atomic E-state index is 6.38. The molecule has 1 rings (SSSR count). The summed E-state index contributed by atoms with van der Waals surface area (Å²) in [5.74, 6) is 0.778. The fourth-order valence-corrected chi connectivity index (χ4v) is 2.70. The molecule has 2 atom stereocenters. The van der Waals surface area contributed by atoms with Crippen LogP contribution in [0.25, 0.3) is 0 Å². The van der Waals surface area contributed by atoms with Gasteiger partial charge in [0, 0.05) is 6.04 Å². The highest BCUT2D eigenvalue weighted by molar-refractivity contribution is 5.30. The molecule has 1 aromatic rings. The fourth-order valence-electron chi connectivity index (χ4n) is 2.70. The minimum Gasteiger partial charge on any atom is -0.324 e. The van der Waals surface area contributed by atoms with Crippen molar-refractivity contribution in [3.8, 4) is 0 Å². The highest BCUT2D eigenvalue weighted by atomic mass is 14.6. The number of rotatable bonds is 7. The second-order valence-corrected chi connectivity index (χ2v) is 5.68. The van der Waals surface area contributed by atoms with E-state index in [2.05, 4.69) is 45.9 Å². The molecule has 0 radical (unpaired) electrons. The first-order valence-electron chi connectivity index (χ1n) is 7.40. The van der Waals surface area contributed by atoms with Gasteiger partial charge in [-0.05, 0) is 31.7 Å². The van der Waals surface area contributed by atoms with E-state index in [1.54, 1.807) is 0 Å². The minimum atomic E-state index is 0.199. The minimum absolute atomic E-state index is 0.199. The molecule has 2 unspecified atom stereocenters. The Bertz CT molecular complexity index is 336. The van der Waals surface area contributed by atoms with E-state index in [-0.39, 0.29) is 6.04 Å². The third-order valence-corrected chi connectivity index (χ3v) is 3.80. The first kappa shape index (κ1) is 15.2. The Labute approximate surface area is 113 Å². The molecule has 102 valence electrons. The molecule has 0 aliphatic rings. The lowest BCUT2D eigenvalue weighted by atomic mass is 9.89. The number of unbranched alkanes of at least 4 members (excludes halogenated alkanes) is 1. The van der Waals surface area contributed by atoms with Gasteiger partial charge in [0.1, 0.15) is 0 Å². The third-order valence-electron chi connectivity index (χ3n) is 3.80. The van der Waals surface area contributed by atoms with E-state index in [1.807, 2.05) is 0 Å². The van der Waals surface area contributed by atoms with Gasteiger partial charge < -0.3 is 5.73 Å². The van der Waals surface area contributed by atoms with Crippen LogP contribution in [0.2, 0.25) is 0 Å². The van der Waals surface area contributed by atoms with E-state index in [4.69, 9.17) is 5.73 Å². The summed E-state index contributed by atoms with van der Waals surface area (Å²) < 4.78 is 0. The van der Waals surface area contributed by atoms with Gasteiger partial charge in [-0.2, -0.15) is 0 Å². The molecule has 0 aromatic heterocycles. The second-order valence-electron chi connectivity index (χ2n) is 5.68. The first-order valence-corrected chi connectivity index (χ1v) is 7.40. The lowest BCUT2D eigenvalue weighted by Crippen LogP contribution is -2.15. The molecule has 0 fully saturated rings. The normalized spacial score (nSPS) is 14.5. The molecular weight excluding hydrogens is 218 g/mol. The van der Waals surface area contributed by atoms with Crippen LogP contribution in [0.4, 0.5) is 0 Å². The van der Waals surface area contributed by atoms with Gasteiger partial charge in [0.2, 0.25) is 0 Å². The van der Waals surface area contributed by atoms with Crippen molar-refractivity contribution in [3.05, 3.63) is 34.9 Å². The van der Waals surface area contributed by atoms with Crippen LogP contribution in [0.15, 0.2) is 18.2 Å². The smallest absolute Gasteiger partial charge is 0.0297 e. The number of benzene rings is 1. The van der Waals surface area contributed by atoms with E-state index < -0.39 is 0 Å². The fraction of sp³-hybridized carbons (Fsp3) is 0.647. The molecule has 0 aliphatic heterocycles. The Morgan fingerprint density at radius 1 is 1.06 bits per heavy atom. The molecule has 0 aliphatic carbocycles. The van der Waals surface area contributed by atoms with Crippen molar-refractivity contribution in [2.75, 3.05) is 0 Å². The van der Waals surface area contributed by atoms with Crippen molar-refractivity contribution in [1.82, 2.24) is 0 Å². The van der Waals surface area contributed by atoms with Crippen LogP contribution in [-0.2, 0) is 0 Å². The Kier molecular flexibility index (Phi) is 6.42. The topological polar surface area (TPSA) is 26.0 Å². The van der Waals surface area contributed by atoms with Gasteiger partial charge in [-0.15, -0.1) is 0 Å². The maximum atomic E-state index is 6.38. The van der Waals surface area contributed by atoms with Gasteiger partial charge in [-0.1, -0.05) is 68.9 Å². The Morgan fingerprint density at radius 2 is 1.67 bits per heavy atom. The zero-order valence-corrected chi connectivity index (χ0v) is 12.5. The summed E-state index contributed by atoms with van der Waals surface area (Å²) in [6.07, 6.45) is 6.32. The quantitative estimate of drug-likeness (QED) is 0.728. The van der Waals surface area contributed by atoms with Crippen molar-refractivity contribution in [2.24, 2.45) is 11.7 Å². The van der Waals surface area contributed by atoms with Crippen LogP contribution >= 0.6 is 0 Å². The van der Waals surface area contributed by atoms with Gasteiger partial charge in [0.15, 0.2) is 0 Å². The largest absolute Gasteiger partial charge is 0.324 e. The number of hydrogen-bond acceptors (Lipinski definition) is 1. The predicted octanol–water partition coefficient (Wildman–Crippen LogP) is 4.91. The lowest BCUT2D eigenvalue weighted by molar-refractivity contribution is 0.388. The summed E-state index contributed by atoms with van der Waals surface area (Å²) in [7, 11) is 0. The summed E-state index contributed by atoms with van der Waals surface area (Å²) in [4.78, 5) is 0. The molecule has 1 nitrogen and oxygen atoms in total. The van der Waals surface area contributed by atoms with Crippen LogP contribution in [0.5, 0.6) is 0 Å². The molecule has 0 spiro atoms. The molecule has 1 aromatic carbocycles. The number of nitrogens with two attached hydrogens (primary N) is 1. The monoisotopic (exact) mass is 247 g/mol. The van der Waals surface area contributed by atoms with Gasteiger partial charge in [-0.3, -0.25) is 0 Å². The molecule has 0 saturated carbocycles. The molecule has 0 amide bonds. The van der Waals surface area contributed by atoms with Crippen molar-refractivity contribution in [2.45, 2.75) is 65.8 Å². The van der Waals surface area contributed by atoms with Crippen molar-refractivity contribution < 1.29 is 0 Å². The highest BCUT2D eigenvalue weighted by Crippen LogP contribution is 2.26. The van der Waals surface area contributed by atoms with Crippen LogP contribution in [0, 0.1) is 19.8 Å². The van der Waals surface area contributed by atoms with E-state index >= 15 is 0 Å². The highest BCUT2D eigenvalue weighted by Gasteiger charge is 2.13. The van der Waals surface area contributed by atoms with Crippen molar-refractivity contribution >= 4 is 0 Å². The van der Waals surface area contributed by atoms with E-state index in [0.717, 1.165) is 12.3 Å². The van der Waals surface area contributed by atoms with Gasteiger partial charge >= 0.3 is 0 Å². The lowest BCUT2D eigenvalue weighted by Gasteiger charge is -2.20. The summed E-state index contributed by atoms with van der Waals surface area (Å²) in [5.41, 5.74) is 10.3. The van der Waals surface area contributed by atoms with Gasteiger partial charge in [0.25, 0.3) is 0 Å². The summed E-state index contributed by atoms with van der Waals surface area (Å²) >= 11 is 0. The molecule has 0 saturated heterocycles. The van der Waals surface area contributed by atoms with Crippen molar-refractivity contribution in [3.63, 3.8) is 0 Å². The van der Waals surface area contributed by atoms with Crippen LogP contribution in [-0.4, -0.2) is 0 Å². The van der Waals surface area contributed by atoms with E-state index in [1.165, 1.54) is 42.4 Å². The summed E-state index contributed by atoms with van der Waals surface area (Å²) in [6.45, 7) is 8.85. The Hall–Kier alpha value is -0.820. The predicted molar refractivity (Wildman–Crippen MR) is 80.8 cm³/mol. The average molecular weight is 247 g/mol. The molecule has 1 heteroatoms. The average Bonchev–Trinajstić information content (AvgIpc) is 2.32. The number of aryl methyl sites for hydroxylation is 2. The molecule has 0 heterocycles. The van der Waals surface area contributed by atoms with Gasteiger partial charge in [-0.25, -0.2) is 0 Å².